The van der Waals surface area contributed by atoms with Crippen molar-refractivity contribution >= 4 is 11.6 Å². The van der Waals surface area contributed by atoms with Crippen LogP contribution >= 0.6 is 0 Å². The Bertz CT molecular complexity index is 570. The van der Waals surface area contributed by atoms with Gasteiger partial charge in [0.1, 0.15) is 5.82 Å². The maximum atomic E-state index is 12.9. The maximum absolute atomic E-state index is 12.9. The average Bonchev–Trinajstić information content (AvgIpc) is 2.75. The smallest absolute Gasteiger partial charge is 0.240 e. The normalized spacial score (nSPS) is 10.4. The van der Waals surface area contributed by atoms with Gasteiger partial charge in [0.15, 0.2) is 5.82 Å². The van der Waals surface area contributed by atoms with Crippen LogP contribution in [0.1, 0.15) is 11.7 Å². The van der Waals surface area contributed by atoms with Gasteiger partial charge in [-0.15, -0.1) is 0 Å². The number of halogens is 1. The van der Waals surface area contributed by atoms with Gasteiger partial charge in [-0.25, -0.2) is 4.39 Å². The van der Waals surface area contributed by atoms with Crippen molar-refractivity contribution in [1.82, 2.24) is 15.5 Å². The predicted octanol–water partition coefficient (Wildman–Crippen LogP) is 1.25. The summed E-state index contributed by atoms with van der Waals surface area (Å²) in [5.74, 6) is 0.283. The van der Waals surface area contributed by atoms with E-state index >= 15 is 0 Å². The fraction of sp³-hybridized carbons (Fsp3) is 0.250. The van der Waals surface area contributed by atoms with Gasteiger partial charge in [-0.2, -0.15) is 4.98 Å². The third-order valence-corrected chi connectivity index (χ3v) is 2.24. The Morgan fingerprint density at radius 3 is 3.00 bits per heavy atom. The first-order valence-electron chi connectivity index (χ1n) is 5.69. The molecule has 6 nitrogen and oxygen atoms in total. The van der Waals surface area contributed by atoms with Crippen molar-refractivity contribution in [3.63, 3.8) is 0 Å². The minimum absolute atomic E-state index is 0.0674. The molecule has 100 valence electrons. The number of hydrogen-bond acceptors (Lipinski definition) is 5. The van der Waals surface area contributed by atoms with Crippen LogP contribution < -0.4 is 10.6 Å². The van der Waals surface area contributed by atoms with Crippen molar-refractivity contribution in [2.24, 2.45) is 0 Å². The number of carbonyl (C=O) groups is 1. The zero-order chi connectivity index (χ0) is 13.7. The molecule has 1 aromatic heterocycles. The van der Waals surface area contributed by atoms with Gasteiger partial charge < -0.3 is 9.84 Å². The minimum atomic E-state index is -0.396. The van der Waals surface area contributed by atoms with Crippen molar-refractivity contribution in [3.8, 4) is 0 Å². The Balaban J connectivity index is 1.76. The zero-order valence-electron chi connectivity index (χ0n) is 10.3. The topological polar surface area (TPSA) is 80.0 Å². The van der Waals surface area contributed by atoms with Gasteiger partial charge in [0.05, 0.1) is 13.1 Å². The molecule has 2 N–H and O–H groups in total. The molecule has 0 unspecified atom stereocenters. The first-order valence-corrected chi connectivity index (χ1v) is 5.69. The summed E-state index contributed by atoms with van der Waals surface area (Å²) in [6.07, 6.45) is 0. The number of benzene rings is 1. The Labute approximate surface area is 109 Å². The fourth-order valence-electron chi connectivity index (χ4n) is 1.47. The van der Waals surface area contributed by atoms with Crippen LogP contribution in [0.2, 0.25) is 0 Å². The van der Waals surface area contributed by atoms with Crippen LogP contribution in [0.15, 0.2) is 28.8 Å². The molecule has 0 aliphatic rings. The Hall–Kier alpha value is -2.28. The number of rotatable bonds is 5. The van der Waals surface area contributed by atoms with E-state index in [9.17, 15) is 9.18 Å². The molecule has 0 radical (unpaired) electrons. The summed E-state index contributed by atoms with van der Waals surface area (Å²) in [5, 5.41) is 9.04. The monoisotopic (exact) mass is 264 g/mol. The van der Waals surface area contributed by atoms with Crippen LogP contribution in [-0.2, 0) is 11.3 Å². The van der Waals surface area contributed by atoms with Crippen LogP contribution in [0.25, 0.3) is 0 Å². The van der Waals surface area contributed by atoms with Gasteiger partial charge in [-0.05, 0) is 25.1 Å². The molecule has 0 spiro atoms. The summed E-state index contributed by atoms with van der Waals surface area (Å²) >= 11 is 0. The van der Waals surface area contributed by atoms with E-state index in [1.54, 1.807) is 13.0 Å². The lowest BCUT2D eigenvalue weighted by Gasteiger charge is -2.05. The Kier molecular flexibility index (Phi) is 4.19. The molecule has 0 fully saturated rings. The Morgan fingerprint density at radius 1 is 1.47 bits per heavy atom. The lowest BCUT2D eigenvalue weighted by atomic mass is 10.3. The number of aryl methyl sites for hydroxylation is 1. The molecule has 0 bridgehead atoms. The molecular formula is C12H13FN4O2. The molecule has 2 aromatic rings. The van der Waals surface area contributed by atoms with E-state index in [0.717, 1.165) is 0 Å². The molecule has 0 atom stereocenters. The number of nitrogens with one attached hydrogen (secondary N) is 2. The molecule has 0 aliphatic heterocycles. The van der Waals surface area contributed by atoms with E-state index in [-0.39, 0.29) is 12.5 Å². The van der Waals surface area contributed by atoms with Crippen molar-refractivity contribution in [1.29, 1.82) is 0 Å². The number of amides is 1. The van der Waals surface area contributed by atoms with Crippen molar-refractivity contribution in [3.05, 3.63) is 41.8 Å². The second kappa shape index (κ2) is 6.05. The SMILES string of the molecule is Cc1noc(CNCC(=O)Nc2cccc(F)c2)n1. The van der Waals surface area contributed by atoms with Crippen LogP contribution in [0.3, 0.4) is 0 Å². The maximum Gasteiger partial charge on any atom is 0.240 e. The van der Waals surface area contributed by atoms with Crippen molar-refractivity contribution in [2.75, 3.05) is 11.9 Å². The number of nitrogens with zero attached hydrogens (tertiary/aromatic N) is 2. The molecule has 0 saturated carbocycles. The molecule has 0 saturated heterocycles. The third-order valence-electron chi connectivity index (χ3n) is 2.24. The van der Waals surface area contributed by atoms with Gasteiger partial charge in [0.25, 0.3) is 0 Å². The van der Waals surface area contributed by atoms with E-state index in [0.29, 0.717) is 23.9 Å². The van der Waals surface area contributed by atoms with Crippen LogP contribution in [-0.4, -0.2) is 22.6 Å². The van der Waals surface area contributed by atoms with Crippen molar-refractivity contribution < 1.29 is 13.7 Å². The molecule has 19 heavy (non-hydrogen) atoms. The molecule has 0 aliphatic carbocycles. The van der Waals surface area contributed by atoms with E-state index in [4.69, 9.17) is 4.52 Å². The summed E-state index contributed by atoms with van der Waals surface area (Å²) in [7, 11) is 0. The minimum Gasteiger partial charge on any atom is -0.338 e. The third kappa shape index (κ3) is 4.14. The van der Waals surface area contributed by atoms with Gasteiger partial charge in [-0.1, -0.05) is 11.2 Å². The summed E-state index contributed by atoms with van der Waals surface area (Å²) in [6, 6.07) is 5.70. The summed E-state index contributed by atoms with van der Waals surface area (Å²) in [5.41, 5.74) is 0.417. The number of hydrogen-bond donors (Lipinski definition) is 2. The second-order valence-corrected chi connectivity index (χ2v) is 3.90. The van der Waals surface area contributed by atoms with Gasteiger partial charge >= 0.3 is 0 Å². The van der Waals surface area contributed by atoms with E-state index < -0.39 is 5.82 Å². The highest BCUT2D eigenvalue weighted by Crippen LogP contribution is 2.08. The van der Waals surface area contributed by atoms with Crippen LogP contribution in [0.4, 0.5) is 10.1 Å². The highest BCUT2D eigenvalue weighted by Gasteiger charge is 2.05. The standard InChI is InChI=1S/C12H13FN4O2/c1-8-15-12(19-17-8)7-14-6-11(18)16-10-4-2-3-9(13)5-10/h2-5,14H,6-7H2,1H3,(H,16,18). The molecule has 7 heteroatoms. The van der Waals surface area contributed by atoms with Crippen LogP contribution in [0.5, 0.6) is 0 Å². The lowest BCUT2D eigenvalue weighted by Crippen LogP contribution is -2.27. The number of aromatic nitrogens is 2. The van der Waals surface area contributed by atoms with Crippen LogP contribution in [0, 0.1) is 12.7 Å². The highest BCUT2D eigenvalue weighted by molar-refractivity contribution is 5.92. The van der Waals surface area contributed by atoms with Gasteiger partial charge in [0, 0.05) is 5.69 Å². The first-order chi connectivity index (χ1) is 9.13. The zero-order valence-corrected chi connectivity index (χ0v) is 10.3. The quantitative estimate of drug-likeness (QED) is 0.849. The van der Waals surface area contributed by atoms with E-state index in [1.807, 2.05) is 0 Å². The van der Waals surface area contributed by atoms with Gasteiger partial charge in [0.2, 0.25) is 11.8 Å². The molecular weight excluding hydrogens is 251 g/mol. The molecule has 1 aromatic carbocycles. The summed E-state index contributed by atoms with van der Waals surface area (Å²) in [4.78, 5) is 15.5. The van der Waals surface area contributed by atoms with Crippen molar-refractivity contribution in [2.45, 2.75) is 13.5 Å². The second-order valence-electron chi connectivity index (χ2n) is 3.90. The van der Waals surface area contributed by atoms with E-state index in [2.05, 4.69) is 20.8 Å². The highest BCUT2D eigenvalue weighted by atomic mass is 19.1. The summed E-state index contributed by atoms with van der Waals surface area (Å²) in [6.45, 7) is 2.08. The average molecular weight is 264 g/mol. The van der Waals surface area contributed by atoms with Gasteiger partial charge in [-0.3, -0.25) is 10.1 Å². The lowest BCUT2D eigenvalue weighted by molar-refractivity contribution is -0.115. The molecule has 1 amide bonds. The predicted molar refractivity (Wildman–Crippen MR) is 65.8 cm³/mol. The fourth-order valence-corrected chi connectivity index (χ4v) is 1.47. The largest absolute Gasteiger partial charge is 0.338 e. The first kappa shape index (κ1) is 13.2. The molecule has 2 rings (SSSR count). The molecule has 1 heterocycles. The summed E-state index contributed by atoms with van der Waals surface area (Å²) < 4.78 is 17.8. The van der Waals surface area contributed by atoms with E-state index in [1.165, 1.54) is 18.2 Å². The number of anilines is 1. The number of carbonyl (C=O) groups excluding carboxylic acids is 1. The Morgan fingerprint density at radius 2 is 2.32 bits per heavy atom.